The number of carbonyl (C=O) groups is 1. The van der Waals surface area contributed by atoms with E-state index in [1.165, 1.54) is 0 Å². The molecule has 0 aliphatic heterocycles. The second-order valence-electron chi connectivity index (χ2n) is 5.63. The van der Waals surface area contributed by atoms with Crippen LogP contribution in [-0.2, 0) is 5.54 Å². The lowest BCUT2D eigenvalue weighted by molar-refractivity contribution is 0.0931. The smallest absolute Gasteiger partial charge is 0.251 e. The first-order valence-electron chi connectivity index (χ1n) is 7.17. The summed E-state index contributed by atoms with van der Waals surface area (Å²) < 4.78 is 5.18. The van der Waals surface area contributed by atoms with E-state index in [1.807, 2.05) is 55.5 Å². The molecule has 0 heterocycles. The molecular formula is C18H19NO2. The van der Waals surface area contributed by atoms with Gasteiger partial charge in [0, 0.05) is 5.56 Å². The lowest BCUT2D eigenvalue weighted by Gasteiger charge is -2.18. The molecule has 0 atom stereocenters. The Morgan fingerprint density at radius 2 is 1.67 bits per heavy atom. The highest BCUT2D eigenvalue weighted by molar-refractivity contribution is 5.95. The van der Waals surface area contributed by atoms with E-state index in [0.717, 1.165) is 29.7 Å². The van der Waals surface area contributed by atoms with Crippen molar-refractivity contribution in [3.63, 3.8) is 0 Å². The van der Waals surface area contributed by atoms with Crippen LogP contribution in [0.5, 0.6) is 5.75 Å². The van der Waals surface area contributed by atoms with Gasteiger partial charge in [0.1, 0.15) is 5.75 Å². The van der Waals surface area contributed by atoms with Crippen LogP contribution in [0.4, 0.5) is 0 Å². The molecule has 3 rings (SSSR count). The number of carbonyl (C=O) groups excluding carboxylic acids is 1. The predicted octanol–water partition coefficient (Wildman–Crippen LogP) is 3.42. The number of ether oxygens (including phenoxy) is 1. The van der Waals surface area contributed by atoms with Crippen molar-refractivity contribution in [2.24, 2.45) is 0 Å². The van der Waals surface area contributed by atoms with Gasteiger partial charge in [0.2, 0.25) is 0 Å². The van der Waals surface area contributed by atoms with Crippen molar-refractivity contribution in [3.8, 4) is 5.75 Å². The number of methoxy groups -OCH3 is 1. The number of rotatable bonds is 4. The minimum Gasteiger partial charge on any atom is -0.497 e. The molecule has 2 aromatic carbocycles. The molecule has 0 unspecified atom stereocenters. The number of aryl methyl sites for hydroxylation is 1. The fourth-order valence-corrected chi connectivity index (χ4v) is 2.52. The molecular weight excluding hydrogens is 262 g/mol. The van der Waals surface area contributed by atoms with Gasteiger partial charge in [-0.25, -0.2) is 0 Å². The lowest BCUT2D eigenvalue weighted by Crippen LogP contribution is -2.34. The maximum absolute atomic E-state index is 12.4. The van der Waals surface area contributed by atoms with Crippen molar-refractivity contribution < 1.29 is 9.53 Å². The third kappa shape index (κ3) is 2.77. The molecule has 0 spiro atoms. The van der Waals surface area contributed by atoms with Crippen LogP contribution in [0.3, 0.4) is 0 Å². The zero-order valence-corrected chi connectivity index (χ0v) is 12.3. The van der Waals surface area contributed by atoms with Gasteiger partial charge in [-0.2, -0.15) is 0 Å². The second-order valence-corrected chi connectivity index (χ2v) is 5.63. The summed E-state index contributed by atoms with van der Waals surface area (Å²) in [4.78, 5) is 12.4. The zero-order chi connectivity index (χ0) is 14.9. The van der Waals surface area contributed by atoms with E-state index in [4.69, 9.17) is 4.74 Å². The average molecular weight is 281 g/mol. The third-order valence-electron chi connectivity index (χ3n) is 4.06. The topological polar surface area (TPSA) is 38.3 Å². The fourth-order valence-electron chi connectivity index (χ4n) is 2.52. The Hall–Kier alpha value is -2.29. The zero-order valence-electron chi connectivity index (χ0n) is 12.3. The van der Waals surface area contributed by atoms with Gasteiger partial charge in [-0.05, 0) is 49.6 Å². The number of amides is 1. The summed E-state index contributed by atoms with van der Waals surface area (Å²) in [5.74, 6) is 0.822. The molecule has 108 valence electrons. The van der Waals surface area contributed by atoms with Crippen LogP contribution >= 0.6 is 0 Å². The van der Waals surface area contributed by atoms with Gasteiger partial charge in [-0.3, -0.25) is 4.79 Å². The molecule has 1 aliphatic carbocycles. The second kappa shape index (κ2) is 5.24. The van der Waals surface area contributed by atoms with Gasteiger partial charge < -0.3 is 10.1 Å². The number of nitrogens with one attached hydrogen (secondary N) is 1. The fraction of sp³-hybridized carbons (Fsp3) is 0.278. The van der Waals surface area contributed by atoms with Gasteiger partial charge in [0.05, 0.1) is 12.6 Å². The monoisotopic (exact) mass is 281 g/mol. The minimum absolute atomic E-state index is 0.0108. The first-order chi connectivity index (χ1) is 10.1. The van der Waals surface area contributed by atoms with Gasteiger partial charge in [-0.1, -0.05) is 29.8 Å². The number of benzene rings is 2. The van der Waals surface area contributed by atoms with Crippen molar-refractivity contribution in [2.75, 3.05) is 7.11 Å². The van der Waals surface area contributed by atoms with E-state index in [9.17, 15) is 4.79 Å². The van der Waals surface area contributed by atoms with E-state index < -0.39 is 0 Å². The molecule has 1 fully saturated rings. The highest BCUT2D eigenvalue weighted by Crippen LogP contribution is 2.46. The van der Waals surface area contributed by atoms with Gasteiger partial charge in [0.25, 0.3) is 5.91 Å². The van der Waals surface area contributed by atoms with E-state index in [-0.39, 0.29) is 11.4 Å². The number of hydrogen-bond acceptors (Lipinski definition) is 2. The summed E-state index contributed by atoms with van der Waals surface area (Å²) >= 11 is 0. The highest BCUT2D eigenvalue weighted by Gasteiger charge is 2.45. The Labute approximate surface area is 124 Å². The van der Waals surface area contributed by atoms with Crippen molar-refractivity contribution >= 4 is 5.91 Å². The highest BCUT2D eigenvalue weighted by atomic mass is 16.5. The standard InChI is InChI=1S/C18H19NO2/c1-13-3-5-14(6-4-13)17(20)19-18(11-12-18)15-7-9-16(21-2)10-8-15/h3-10H,11-12H2,1-2H3,(H,19,20). The summed E-state index contributed by atoms with van der Waals surface area (Å²) in [5, 5.41) is 3.18. The molecule has 3 heteroatoms. The summed E-state index contributed by atoms with van der Waals surface area (Å²) in [6.07, 6.45) is 1.97. The SMILES string of the molecule is COc1ccc(C2(NC(=O)c3ccc(C)cc3)CC2)cc1. The van der Waals surface area contributed by atoms with Crippen molar-refractivity contribution in [1.82, 2.24) is 5.32 Å². The van der Waals surface area contributed by atoms with Crippen LogP contribution in [0.1, 0.15) is 34.3 Å². The Bertz CT molecular complexity index is 640. The summed E-state index contributed by atoms with van der Waals surface area (Å²) in [6, 6.07) is 15.6. The molecule has 1 saturated carbocycles. The van der Waals surface area contributed by atoms with Crippen LogP contribution in [0, 0.1) is 6.92 Å². The van der Waals surface area contributed by atoms with Crippen LogP contribution < -0.4 is 10.1 Å². The predicted molar refractivity (Wildman–Crippen MR) is 82.6 cm³/mol. The minimum atomic E-state index is -0.200. The maximum atomic E-state index is 12.4. The molecule has 0 saturated heterocycles. The summed E-state index contributed by atoms with van der Waals surface area (Å²) in [6.45, 7) is 2.02. The molecule has 0 radical (unpaired) electrons. The van der Waals surface area contributed by atoms with Crippen LogP contribution in [-0.4, -0.2) is 13.0 Å². The van der Waals surface area contributed by atoms with E-state index in [2.05, 4.69) is 5.32 Å². The van der Waals surface area contributed by atoms with Gasteiger partial charge in [-0.15, -0.1) is 0 Å². The molecule has 0 bridgehead atoms. The Kier molecular flexibility index (Phi) is 3.42. The molecule has 1 amide bonds. The van der Waals surface area contributed by atoms with Crippen LogP contribution in [0.2, 0.25) is 0 Å². The lowest BCUT2D eigenvalue weighted by atomic mass is 10.0. The summed E-state index contributed by atoms with van der Waals surface area (Å²) in [5.41, 5.74) is 2.81. The maximum Gasteiger partial charge on any atom is 0.251 e. The van der Waals surface area contributed by atoms with Crippen molar-refractivity contribution in [1.29, 1.82) is 0 Å². The van der Waals surface area contributed by atoms with Crippen molar-refractivity contribution in [3.05, 3.63) is 65.2 Å². The Balaban J connectivity index is 1.76. The van der Waals surface area contributed by atoms with E-state index in [0.29, 0.717) is 5.56 Å². The van der Waals surface area contributed by atoms with Crippen LogP contribution in [0.15, 0.2) is 48.5 Å². The molecule has 21 heavy (non-hydrogen) atoms. The van der Waals surface area contributed by atoms with Gasteiger partial charge >= 0.3 is 0 Å². The molecule has 1 aliphatic rings. The average Bonchev–Trinajstić information content (AvgIpc) is 3.29. The van der Waals surface area contributed by atoms with Gasteiger partial charge in [0.15, 0.2) is 0 Å². The van der Waals surface area contributed by atoms with Crippen molar-refractivity contribution in [2.45, 2.75) is 25.3 Å². The quantitative estimate of drug-likeness (QED) is 0.932. The first kappa shape index (κ1) is 13.7. The first-order valence-corrected chi connectivity index (χ1v) is 7.17. The molecule has 3 nitrogen and oxygen atoms in total. The molecule has 2 aromatic rings. The van der Waals surface area contributed by atoms with Crippen LogP contribution in [0.25, 0.3) is 0 Å². The van der Waals surface area contributed by atoms with E-state index >= 15 is 0 Å². The number of hydrogen-bond donors (Lipinski definition) is 1. The van der Waals surface area contributed by atoms with E-state index in [1.54, 1.807) is 7.11 Å². The molecule has 1 N–H and O–H groups in total. The Morgan fingerprint density at radius 3 is 2.19 bits per heavy atom. The Morgan fingerprint density at radius 1 is 1.05 bits per heavy atom. The largest absolute Gasteiger partial charge is 0.497 e. The summed E-state index contributed by atoms with van der Waals surface area (Å²) in [7, 11) is 1.65. The normalized spacial score (nSPS) is 15.3. The molecule has 0 aromatic heterocycles. The third-order valence-corrected chi connectivity index (χ3v) is 4.06.